The molecule has 1 aliphatic heterocycles. The molecule has 0 radical (unpaired) electrons. The third-order valence-electron chi connectivity index (χ3n) is 4.04. The van der Waals surface area contributed by atoms with Crippen molar-refractivity contribution in [3.8, 4) is 5.75 Å². The zero-order valence-corrected chi connectivity index (χ0v) is 13.0. The topological polar surface area (TPSA) is 47.4 Å². The number of benzene rings is 1. The van der Waals surface area contributed by atoms with E-state index in [1.807, 2.05) is 31.0 Å². The van der Waals surface area contributed by atoms with E-state index >= 15 is 0 Å². The van der Waals surface area contributed by atoms with E-state index in [-0.39, 0.29) is 11.9 Å². The van der Waals surface area contributed by atoms with Crippen LogP contribution in [0, 0.1) is 0 Å². The van der Waals surface area contributed by atoms with Gasteiger partial charge in [-0.2, -0.15) is 5.10 Å². The maximum atomic E-state index is 12.7. The van der Waals surface area contributed by atoms with Crippen LogP contribution < -0.4 is 4.74 Å². The van der Waals surface area contributed by atoms with Crippen molar-refractivity contribution in [2.45, 2.75) is 25.8 Å². The maximum absolute atomic E-state index is 12.7. The summed E-state index contributed by atoms with van der Waals surface area (Å²) in [5.41, 5.74) is 1.82. The van der Waals surface area contributed by atoms with Gasteiger partial charge in [-0.05, 0) is 37.5 Å². The Morgan fingerprint density at radius 1 is 1.36 bits per heavy atom. The number of rotatable bonds is 4. The van der Waals surface area contributed by atoms with Gasteiger partial charge in [-0.1, -0.05) is 12.1 Å². The molecule has 0 spiro atoms. The number of ether oxygens (including phenoxy) is 1. The molecule has 2 heterocycles. The number of amides is 1. The molecule has 1 unspecified atom stereocenters. The average Bonchev–Trinajstić information content (AvgIpc) is 3.16. The van der Waals surface area contributed by atoms with Gasteiger partial charge >= 0.3 is 0 Å². The Bertz CT molecular complexity index is 648. The van der Waals surface area contributed by atoms with Crippen LogP contribution in [0.25, 0.3) is 0 Å². The summed E-state index contributed by atoms with van der Waals surface area (Å²) in [7, 11) is 1.82. The molecular formula is C17H21N3O2. The first-order chi connectivity index (χ1) is 10.7. The van der Waals surface area contributed by atoms with Gasteiger partial charge in [0.15, 0.2) is 0 Å². The molecule has 5 heteroatoms. The number of hydrogen-bond donors (Lipinski definition) is 0. The molecule has 1 saturated heterocycles. The molecule has 2 aromatic rings. The van der Waals surface area contributed by atoms with Crippen molar-refractivity contribution < 1.29 is 9.53 Å². The first kappa shape index (κ1) is 14.6. The van der Waals surface area contributed by atoms with Crippen molar-refractivity contribution in [1.29, 1.82) is 0 Å². The summed E-state index contributed by atoms with van der Waals surface area (Å²) >= 11 is 0. The molecule has 1 fully saturated rings. The Kier molecular flexibility index (Phi) is 4.13. The molecule has 0 bridgehead atoms. The summed E-state index contributed by atoms with van der Waals surface area (Å²) in [4.78, 5) is 14.6. The lowest BCUT2D eigenvalue weighted by Gasteiger charge is -2.24. The average molecular weight is 299 g/mol. The zero-order chi connectivity index (χ0) is 15.5. The summed E-state index contributed by atoms with van der Waals surface area (Å²) in [6, 6.07) is 8.21. The molecule has 1 atom stereocenters. The van der Waals surface area contributed by atoms with Crippen LogP contribution in [0.5, 0.6) is 5.75 Å². The van der Waals surface area contributed by atoms with E-state index in [9.17, 15) is 4.79 Å². The molecule has 116 valence electrons. The van der Waals surface area contributed by atoms with Crippen LogP contribution >= 0.6 is 0 Å². The lowest BCUT2D eigenvalue weighted by molar-refractivity contribution is 0.0735. The number of carbonyl (C=O) groups excluding carboxylic acids is 1. The SMILES string of the molecule is CCOc1ccc(C2CCCN2C(=O)c2cnn(C)c2)cc1. The third-order valence-corrected chi connectivity index (χ3v) is 4.04. The van der Waals surface area contributed by atoms with Gasteiger partial charge in [0.1, 0.15) is 5.75 Å². The normalized spacial score (nSPS) is 17.7. The summed E-state index contributed by atoms with van der Waals surface area (Å²) in [5.74, 6) is 0.930. The van der Waals surface area contributed by atoms with Crippen LogP contribution in [-0.4, -0.2) is 33.7 Å². The maximum Gasteiger partial charge on any atom is 0.257 e. The Hall–Kier alpha value is -2.30. The molecule has 1 aromatic carbocycles. The van der Waals surface area contributed by atoms with Crippen molar-refractivity contribution in [3.05, 3.63) is 47.8 Å². The van der Waals surface area contributed by atoms with Gasteiger partial charge in [-0.3, -0.25) is 9.48 Å². The minimum Gasteiger partial charge on any atom is -0.494 e. The predicted molar refractivity (Wildman–Crippen MR) is 83.8 cm³/mol. The zero-order valence-electron chi connectivity index (χ0n) is 13.0. The molecule has 1 amide bonds. The van der Waals surface area contributed by atoms with E-state index in [0.717, 1.165) is 30.7 Å². The van der Waals surface area contributed by atoms with Gasteiger partial charge in [-0.15, -0.1) is 0 Å². The van der Waals surface area contributed by atoms with Crippen LogP contribution in [0.2, 0.25) is 0 Å². The minimum absolute atomic E-state index is 0.0597. The lowest BCUT2D eigenvalue weighted by Crippen LogP contribution is -2.30. The van der Waals surface area contributed by atoms with E-state index in [0.29, 0.717) is 12.2 Å². The molecule has 0 aliphatic carbocycles. The van der Waals surface area contributed by atoms with Crippen molar-refractivity contribution in [3.63, 3.8) is 0 Å². The van der Waals surface area contributed by atoms with Gasteiger partial charge in [0, 0.05) is 19.8 Å². The summed E-state index contributed by atoms with van der Waals surface area (Å²) in [5, 5.41) is 4.09. The molecule has 1 aromatic heterocycles. The monoisotopic (exact) mass is 299 g/mol. The molecule has 5 nitrogen and oxygen atoms in total. The standard InChI is InChI=1S/C17H21N3O2/c1-3-22-15-8-6-13(7-9-15)16-5-4-10-20(16)17(21)14-11-18-19(2)12-14/h6-9,11-12,16H,3-5,10H2,1-2H3. The summed E-state index contributed by atoms with van der Waals surface area (Å²) < 4.78 is 7.14. The Labute approximate surface area is 130 Å². The highest BCUT2D eigenvalue weighted by Crippen LogP contribution is 2.33. The first-order valence-electron chi connectivity index (χ1n) is 7.71. The third kappa shape index (κ3) is 2.84. The molecule has 0 saturated carbocycles. The molecular weight excluding hydrogens is 278 g/mol. The quantitative estimate of drug-likeness (QED) is 0.872. The fourth-order valence-electron chi connectivity index (χ4n) is 3.01. The fraction of sp³-hybridized carbons (Fsp3) is 0.412. The molecule has 3 rings (SSSR count). The van der Waals surface area contributed by atoms with Crippen LogP contribution in [0.3, 0.4) is 0 Å². The van der Waals surface area contributed by atoms with Crippen LogP contribution in [0.15, 0.2) is 36.7 Å². The smallest absolute Gasteiger partial charge is 0.257 e. The second-order valence-corrected chi connectivity index (χ2v) is 5.56. The fourth-order valence-corrected chi connectivity index (χ4v) is 3.01. The van der Waals surface area contributed by atoms with Crippen LogP contribution in [0.1, 0.15) is 41.7 Å². The van der Waals surface area contributed by atoms with Gasteiger partial charge in [-0.25, -0.2) is 0 Å². The summed E-state index contributed by atoms with van der Waals surface area (Å²) in [6.45, 7) is 3.43. The van der Waals surface area contributed by atoms with Crippen molar-refractivity contribution in [1.82, 2.24) is 14.7 Å². The van der Waals surface area contributed by atoms with Gasteiger partial charge in [0.05, 0.1) is 24.4 Å². The largest absolute Gasteiger partial charge is 0.494 e. The minimum atomic E-state index is 0.0597. The van der Waals surface area contributed by atoms with E-state index in [1.165, 1.54) is 0 Å². The Morgan fingerprint density at radius 2 is 2.14 bits per heavy atom. The van der Waals surface area contributed by atoms with Gasteiger partial charge < -0.3 is 9.64 Å². The van der Waals surface area contributed by atoms with Crippen molar-refractivity contribution in [2.24, 2.45) is 7.05 Å². The van der Waals surface area contributed by atoms with Gasteiger partial charge in [0.2, 0.25) is 0 Å². The number of hydrogen-bond acceptors (Lipinski definition) is 3. The van der Waals surface area contributed by atoms with Crippen LogP contribution in [-0.2, 0) is 7.05 Å². The van der Waals surface area contributed by atoms with Crippen molar-refractivity contribution in [2.75, 3.05) is 13.2 Å². The first-order valence-corrected chi connectivity index (χ1v) is 7.71. The Balaban J connectivity index is 1.79. The predicted octanol–water partition coefficient (Wildman–Crippen LogP) is 2.80. The van der Waals surface area contributed by atoms with E-state index < -0.39 is 0 Å². The van der Waals surface area contributed by atoms with E-state index in [2.05, 4.69) is 17.2 Å². The highest BCUT2D eigenvalue weighted by molar-refractivity contribution is 5.94. The Morgan fingerprint density at radius 3 is 2.77 bits per heavy atom. The number of carbonyl (C=O) groups is 1. The van der Waals surface area contributed by atoms with E-state index in [4.69, 9.17) is 4.74 Å². The van der Waals surface area contributed by atoms with Crippen LogP contribution in [0.4, 0.5) is 0 Å². The number of aryl methyl sites for hydroxylation is 1. The second kappa shape index (κ2) is 6.22. The van der Waals surface area contributed by atoms with Crippen molar-refractivity contribution >= 4 is 5.91 Å². The number of nitrogens with zero attached hydrogens (tertiary/aromatic N) is 3. The lowest BCUT2D eigenvalue weighted by atomic mass is 10.0. The van der Waals surface area contributed by atoms with Gasteiger partial charge in [0.25, 0.3) is 5.91 Å². The number of aromatic nitrogens is 2. The second-order valence-electron chi connectivity index (χ2n) is 5.56. The highest BCUT2D eigenvalue weighted by Gasteiger charge is 2.31. The summed E-state index contributed by atoms with van der Waals surface area (Å²) in [6.07, 6.45) is 5.44. The number of likely N-dealkylation sites (tertiary alicyclic amines) is 1. The van der Waals surface area contributed by atoms with E-state index in [1.54, 1.807) is 17.1 Å². The molecule has 22 heavy (non-hydrogen) atoms. The highest BCUT2D eigenvalue weighted by atomic mass is 16.5. The molecule has 1 aliphatic rings. The molecule has 0 N–H and O–H groups in total.